The van der Waals surface area contributed by atoms with Gasteiger partial charge in [0.25, 0.3) is 0 Å². The zero-order valence-electron chi connectivity index (χ0n) is 13.0. The molecule has 0 atom stereocenters. The van der Waals surface area contributed by atoms with E-state index in [1.54, 1.807) is 6.08 Å². The lowest BCUT2D eigenvalue weighted by molar-refractivity contribution is 0.601. The van der Waals surface area contributed by atoms with Crippen LogP contribution in [0.3, 0.4) is 0 Å². The summed E-state index contributed by atoms with van der Waals surface area (Å²) < 4.78 is 22.5. The summed E-state index contributed by atoms with van der Waals surface area (Å²) in [5, 5.41) is 6.27. The lowest BCUT2D eigenvalue weighted by Crippen LogP contribution is -2.37. The van der Waals surface area contributed by atoms with Gasteiger partial charge in [-0.05, 0) is 18.1 Å². The highest BCUT2D eigenvalue weighted by Gasteiger charge is 2.04. The molecular formula is C15H24IN3O2S. The van der Waals surface area contributed by atoms with Crippen molar-refractivity contribution in [1.29, 1.82) is 0 Å². The molecule has 0 aliphatic carbocycles. The van der Waals surface area contributed by atoms with Gasteiger partial charge in [0.05, 0.1) is 12.3 Å². The van der Waals surface area contributed by atoms with Gasteiger partial charge in [-0.15, -0.1) is 30.6 Å². The van der Waals surface area contributed by atoms with Gasteiger partial charge in [0.15, 0.2) is 15.8 Å². The first-order valence-electron chi connectivity index (χ1n) is 6.83. The molecular weight excluding hydrogens is 413 g/mol. The van der Waals surface area contributed by atoms with Crippen molar-refractivity contribution in [3.63, 3.8) is 0 Å². The molecule has 22 heavy (non-hydrogen) atoms. The summed E-state index contributed by atoms with van der Waals surface area (Å²) in [7, 11) is -2.99. The lowest BCUT2D eigenvalue weighted by Gasteiger charge is -2.09. The molecule has 0 bridgehead atoms. The fraction of sp³-hybridized carbons (Fsp3) is 0.400. The Bertz CT molecular complexity index is 583. The molecule has 2 N–H and O–H groups in total. The number of benzene rings is 1. The summed E-state index contributed by atoms with van der Waals surface area (Å²) in [6.07, 6.45) is 3.01. The highest BCUT2D eigenvalue weighted by molar-refractivity contribution is 14.0. The molecule has 0 aliphatic rings. The van der Waals surface area contributed by atoms with Crippen molar-refractivity contribution in [2.75, 3.05) is 19.3 Å². The second kappa shape index (κ2) is 10.6. The summed E-state index contributed by atoms with van der Waals surface area (Å²) in [6, 6.07) is 7.47. The Labute approximate surface area is 150 Å². The van der Waals surface area contributed by atoms with Crippen LogP contribution >= 0.6 is 24.0 Å². The summed E-state index contributed by atoms with van der Waals surface area (Å²) >= 11 is 0. The Hall–Kier alpha value is -1.09. The number of rotatable bonds is 7. The van der Waals surface area contributed by atoms with Crippen molar-refractivity contribution < 1.29 is 8.42 Å². The van der Waals surface area contributed by atoms with Gasteiger partial charge in [-0.1, -0.05) is 30.3 Å². The first-order chi connectivity index (χ1) is 9.94. The number of aliphatic imine (C=N–C) groups is 1. The number of guanidine groups is 1. The number of halogens is 1. The molecule has 1 aromatic carbocycles. The van der Waals surface area contributed by atoms with E-state index < -0.39 is 9.84 Å². The van der Waals surface area contributed by atoms with E-state index in [-0.39, 0.29) is 29.7 Å². The molecule has 0 unspecified atom stereocenters. The largest absolute Gasteiger partial charge is 0.357 e. The molecule has 7 heteroatoms. The zero-order valence-corrected chi connectivity index (χ0v) is 16.1. The van der Waals surface area contributed by atoms with E-state index in [1.165, 1.54) is 6.26 Å². The Kier molecular flexibility index (Phi) is 10.1. The van der Waals surface area contributed by atoms with Crippen LogP contribution in [0.25, 0.3) is 0 Å². The molecule has 0 heterocycles. The maximum atomic E-state index is 11.2. The van der Waals surface area contributed by atoms with Gasteiger partial charge < -0.3 is 10.6 Å². The SMILES string of the molecule is C=CCNC(=NCc1ccc(CS(C)(=O)=O)cc1)NCC.I. The topological polar surface area (TPSA) is 70.6 Å². The maximum absolute atomic E-state index is 11.2. The third kappa shape index (κ3) is 9.04. The molecule has 0 aromatic heterocycles. The van der Waals surface area contributed by atoms with Crippen LogP contribution in [0.5, 0.6) is 0 Å². The van der Waals surface area contributed by atoms with Crippen LogP contribution in [0, 0.1) is 0 Å². The minimum absolute atomic E-state index is 0. The Balaban J connectivity index is 0.00000441. The molecule has 0 radical (unpaired) electrons. The van der Waals surface area contributed by atoms with E-state index in [4.69, 9.17) is 0 Å². The molecule has 0 saturated carbocycles. The van der Waals surface area contributed by atoms with Crippen molar-refractivity contribution in [1.82, 2.24) is 10.6 Å². The van der Waals surface area contributed by atoms with E-state index >= 15 is 0 Å². The zero-order chi connectivity index (χ0) is 15.7. The van der Waals surface area contributed by atoms with Gasteiger partial charge in [0.1, 0.15) is 0 Å². The van der Waals surface area contributed by atoms with Crippen LogP contribution in [0.2, 0.25) is 0 Å². The first-order valence-corrected chi connectivity index (χ1v) is 8.89. The molecule has 0 fully saturated rings. The minimum Gasteiger partial charge on any atom is -0.357 e. The van der Waals surface area contributed by atoms with Gasteiger partial charge in [-0.2, -0.15) is 0 Å². The molecule has 1 rings (SSSR count). The quantitative estimate of drug-likeness (QED) is 0.297. The summed E-state index contributed by atoms with van der Waals surface area (Å²) in [6.45, 7) is 7.63. The monoisotopic (exact) mass is 437 g/mol. The second-order valence-electron chi connectivity index (χ2n) is 4.75. The number of sulfone groups is 1. The van der Waals surface area contributed by atoms with Crippen LogP contribution in [0.4, 0.5) is 0 Å². The highest BCUT2D eigenvalue weighted by atomic mass is 127. The average molecular weight is 437 g/mol. The van der Waals surface area contributed by atoms with Crippen molar-refractivity contribution in [2.45, 2.75) is 19.2 Å². The Morgan fingerprint density at radius 1 is 1.23 bits per heavy atom. The van der Waals surface area contributed by atoms with E-state index in [9.17, 15) is 8.42 Å². The van der Waals surface area contributed by atoms with E-state index in [0.717, 1.165) is 23.6 Å². The minimum atomic E-state index is -2.99. The van der Waals surface area contributed by atoms with Crippen LogP contribution in [0.15, 0.2) is 41.9 Å². The summed E-state index contributed by atoms with van der Waals surface area (Å²) in [5.74, 6) is 0.803. The van der Waals surface area contributed by atoms with Gasteiger partial charge in [0, 0.05) is 19.3 Å². The van der Waals surface area contributed by atoms with Crippen molar-refractivity contribution in [3.8, 4) is 0 Å². The first kappa shape index (κ1) is 20.9. The van der Waals surface area contributed by atoms with E-state index in [0.29, 0.717) is 13.1 Å². The van der Waals surface area contributed by atoms with E-state index in [1.807, 2.05) is 31.2 Å². The molecule has 1 aromatic rings. The third-order valence-corrected chi connectivity index (χ3v) is 3.49. The van der Waals surface area contributed by atoms with Crippen LogP contribution in [-0.2, 0) is 22.1 Å². The van der Waals surface area contributed by atoms with Crippen molar-refractivity contribution in [3.05, 3.63) is 48.0 Å². The number of hydrogen-bond donors (Lipinski definition) is 2. The normalized spacial score (nSPS) is 11.5. The second-order valence-corrected chi connectivity index (χ2v) is 6.89. The van der Waals surface area contributed by atoms with Crippen molar-refractivity contribution in [2.24, 2.45) is 4.99 Å². The fourth-order valence-corrected chi connectivity index (χ4v) is 2.52. The highest BCUT2D eigenvalue weighted by Crippen LogP contribution is 2.08. The van der Waals surface area contributed by atoms with Gasteiger partial charge in [0.2, 0.25) is 0 Å². The third-order valence-electron chi connectivity index (χ3n) is 2.63. The summed E-state index contributed by atoms with van der Waals surface area (Å²) in [5.41, 5.74) is 1.82. The number of nitrogens with one attached hydrogen (secondary N) is 2. The van der Waals surface area contributed by atoms with Crippen LogP contribution in [0.1, 0.15) is 18.1 Å². The molecule has 0 saturated heterocycles. The van der Waals surface area contributed by atoms with E-state index in [2.05, 4.69) is 22.2 Å². The smallest absolute Gasteiger partial charge is 0.191 e. The molecule has 0 aliphatic heterocycles. The maximum Gasteiger partial charge on any atom is 0.191 e. The van der Waals surface area contributed by atoms with Crippen molar-refractivity contribution >= 4 is 39.8 Å². The van der Waals surface area contributed by atoms with Gasteiger partial charge in [-0.25, -0.2) is 13.4 Å². The Morgan fingerprint density at radius 3 is 2.32 bits per heavy atom. The molecule has 0 amide bonds. The molecule has 124 valence electrons. The summed E-state index contributed by atoms with van der Waals surface area (Å²) in [4.78, 5) is 4.45. The number of hydrogen-bond acceptors (Lipinski definition) is 3. The molecule has 5 nitrogen and oxygen atoms in total. The number of nitrogens with zero attached hydrogens (tertiary/aromatic N) is 1. The van der Waals surface area contributed by atoms with Crippen LogP contribution < -0.4 is 10.6 Å². The lowest BCUT2D eigenvalue weighted by atomic mass is 10.1. The fourth-order valence-electron chi connectivity index (χ4n) is 1.72. The standard InChI is InChI=1S/C15H23N3O2S.HI/c1-4-10-17-15(16-5-2)18-11-13-6-8-14(9-7-13)12-21(3,19)20;/h4,6-9H,1,5,10-12H2,2-3H3,(H2,16,17,18);1H. The predicted molar refractivity (Wildman–Crippen MR) is 103 cm³/mol. The van der Waals surface area contributed by atoms with Gasteiger partial charge in [-0.3, -0.25) is 0 Å². The molecule has 0 spiro atoms. The Morgan fingerprint density at radius 2 is 1.82 bits per heavy atom. The van der Waals surface area contributed by atoms with Gasteiger partial charge >= 0.3 is 0 Å². The van der Waals surface area contributed by atoms with Crippen LogP contribution in [-0.4, -0.2) is 33.7 Å². The average Bonchev–Trinajstić information content (AvgIpc) is 2.42. The predicted octanol–water partition coefficient (Wildman–Crippen LogP) is 2.09.